The second-order valence-corrected chi connectivity index (χ2v) is 5.35. The van der Waals surface area contributed by atoms with Crippen molar-refractivity contribution in [3.05, 3.63) is 17.0 Å². The first kappa shape index (κ1) is 9.75. The zero-order valence-electron chi connectivity index (χ0n) is 9.72. The molecule has 1 heterocycles. The molecule has 0 bridgehead atoms. The Balaban J connectivity index is 2.52. The molecule has 0 aliphatic heterocycles. The van der Waals surface area contributed by atoms with Gasteiger partial charge in [0.25, 0.3) is 0 Å². The highest BCUT2D eigenvalue weighted by atomic mass is 15.3. The molecule has 1 aliphatic rings. The second-order valence-electron chi connectivity index (χ2n) is 5.35. The molecule has 0 spiro atoms. The molecule has 2 heteroatoms. The molecule has 0 saturated carbocycles. The summed E-state index contributed by atoms with van der Waals surface area (Å²) in [6.45, 7) is 6.76. The molecule has 0 N–H and O–H groups in total. The van der Waals surface area contributed by atoms with E-state index in [1.807, 2.05) is 0 Å². The fourth-order valence-corrected chi connectivity index (χ4v) is 2.37. The Bertz CT molecular complexity index is 342. The van der Waals surface area contributed by atoms with E-state index >= 15 is 0 Å². The summed E-state index contributed by atoms with van der Waals surface area (Å²) in [6, 6.07) is 0. The number of hydrogen-bond acceptors (Lipinski definition) is 1. The second kappa shape index (κ2) is 3.11. The summed E-state index contributed by atoms with van der Waals surface area (Å²) in [6.07, 6.45) is 5.11. The lowest BCUT2D eigenvalue weighted by Crippen LogP contribution is -2.15. The van der Waals surface area contributed by atoms with Crippen LogP contribution in [0.15, 0.2) is 0 Å². The minimum absolute atomic E-state index is 0.197. The maximum absolute atomic E-state index is 4.68. The molecule has 0 amide bonds. The minimum Gasteiger partial charge on any atom is -0.272 e. The van der Waals surface area contributed by atoms with Crippen molar-refractivity contribution in [2.75, 3.05) is 0 Å². The van der Waals surface area contributed by atoms with Crippen molar-refractivity contribution in [1.82, 2.24) is 9.78 Å². The quantitative estimate of drug-likeness (QED) is 0.618. The highest BCUT2D eigenvalue weighted by Gasteiger charge is 2.26. The van der Waals surface area contributed by atoms with Crippen LogP contribution in [0.2, 0.25) is 0 Å². The highest BCUT2D eigenvalue weighted by Crippen LogP contribution is 2.31. The van der Waals surface area contributed by atoms with Crippen molar-refractivity contribution < 1.29 is 0 Å². The molecule has 2 nitrogen and oxygen atoms in total. The summed E-state index contributed by atoms with van der Waals surface area (Å²) in [7, 11) is 2.08. The summed E-state index contributed by atoms with van der Waals surface area (Å²) in [4.78, 5) is 0. The molecule has 0 aromatic carbocycles. The first-order chi connectivity index (χ1) is 6.50. The van der Waals surface area contributed by atoms with E-state index in [0.717, 1.165) is 0 Å². The summed E-state index contributed by atoms with van der Waals surface area (Å²) in [5.41, 5.74) is 4.52. The van der Waals surface area contributed by atoms with E-state index in [9.17, 15) is 0 Å². The van der Waals surface area contributed by atoms with Gasteiger partial charge in [-0.3, -0.25) is 4.68 Å². The van der Waals surface area contributed by atoms with E-state index in [1.165, 1.54) is 42.6 Å². The molecular weight excluding hydrogens is 172 g/mol. The zero-order chi connectivity index (χ0) is 10.3. The summed E-state index contributed by atoms with van der Waals surface area (Å²) in [5.74, 6) is 0. The molecule has 78 valence electrons. The van der Waals surface area contributed by atoms with Gasteiger partial charge in [-0.05, 0) is 31.2 Å². The predicted molar refractivity (Wildman–Crippen MR) is 58.6 cm³/mol. The molecule has 0 atom stereocenters. The van der Waals surface area contributed by atoms with Crippen molar-refractivity contribution >= 4 is 0 Å². The highest BCUT2D eigenvalue weighted by molar-refractivity contribution is 5.32. The van der Waals surface area contributed by atoms with Gasteiger partial charge in [-0.15, -0.1) is 0 Å². The van der Waals surface area contributed by atoms with Gasteiger partial charge in [-0.2, -0.15) is 5.10 Å². The number of nitrogens with zero attached hydrogens (tertiary/aromatic N) is 2. The Labute approximate surface area is 86.3 Å². The van der Waals surface area contributed by atoms with E-state index < -0.39 is 0 Å². The molecule has 1 aromatic heterocycles. The number of rotatable bonds is 0. The van der Waals surface area contributed by atoms with Crippen LogP contribution in [-0.2, 0) is 25.3 Å². The first-order valence-corrected chi connectivity index (χ1v) is 5.55. The number of aromatic nitrogens is 2. The van der Waals surface area contributed by atoms with Crippen LogP contribution in [0.1, 0.15) is 50.6 Å². The molecule has 0 fully saturated rings. The lowest BCUT2D eigenvalue weighted by Gasteiger charge is -2.19. The topological polar surface area (TPSA) is 17.8 Å². The maximum Gasteiger partial charge on any atom is 0.0712 e. The van der Waals surface area contributed by atoms with E-state index in [2.05, 4.69) is 37.6 Å². The Hall–Kier alpha value is -0.790. The van der Waals surface area contributed by atoms with Gasteiger partial charge in [0.05, 0.1) is 5.69 Å². The lowest BCUT2D eigenvalue weighted by molar-refractivity contribution is 0.547. The van der Waals surface area contributed by atoms with Crippen LogP contribution in [0.5, 0.6) is 0 Å². The minimum atomic E-state index is 0.197. The van der Waals surface area contributed by atoms with Crippen LogP contribution in [0.3, 0.4) is 0 Å². The van der Waals surface area contributed by atoms with Crippen molar-refractivity contribution in [2.45, 2.75) is 51.9 Å². The van der Waals surface area contributed by atoms with Gasteiger partial charge < -0.3 is 0 Å². The summed E-state index contributed by atoms with van der Waals surface area (Å²) in [5, 5.41) is 4.68. The van der Waals surface area contributed by atoms with Gasteiger partial charge in [-0.1, -0.05) is 20.8 Å². The van der Waals surface area contributed by atoms with Crippen LogP contribution in [-0.4, -0.2) is 9.78 Å². The fourth-order valence-electron chi connectivity index (χ4n) is 2.37. The Kier molecular flexibility index (Phi) is 2.17. The molecule has 0 saturated heterocycles. The monoisotopic (exact) mass is 192 g/mol. The third kappa shape index (κ3) is 1.47. The third-order valence-corrected chi connectivity index (χ3v) is 3.08. The summed E-state index contributed by atoms with van der Waals surface area (Å²) < 4.78 is 2.09. The van der Waals surface area contributed by atoms with Gasteiger partial charge >= 0.3 is 0 Å². The Morgan fingerprint density at radius 3 is 2.43 bits per heavy atom. The van der Waals surface area contributed by atoms with Crippen LogP contribution in [0.25, 0.3) is 0 Å². The molecule has 14 heavy (non-hydrogen) atoms. The number of aryl methyl sites for hydroxylation is 1. The van der Waals surface area contributed by atoms with Crippen molar-refractivity contribution in [3.8, 4) is 0 Å². The Morgan fingerprint density at radius 1 is 1.14 bits per heavy atom. The number of fused-ring (bicyclic) bond motifs is 1. The van der Waals surface area contributed by atoms with Crippen molar-refractivity contribution in [1.29, 1.82) is 0 Å². The van der Waals surface area contributed by atoms with Crippen molar-refractivity contribution in [2.24, 2.45) is 7.05 Å². The van der Waals surface area contributed by atoms with Crippen LogP contribution < -0.4 is 0 Å². The van der Waals surface area contributed by atoms with Gasteiger partial charge in [0.15, 0.2) is 0 Å². The molecule has 2 rings (SSSR count). The molecule has 1 aromatic rings. The molecule has 0 radical (unpaired) electrons. The zero-order valence-corrected chi connectivity index (χ0v) is 9.72. The van der Waals surface area contributed by atoms with Gasteiger partial charge in [0, 0.05) is 18.2 Å². The standard InChI is InChI=1S/C12H20N2/c1-12(2,3)11-9-7-5-6-8-10(9)14(4)13-11/h5-8H2,1-4H3. The SMILES string of the molecule is Cn1nc(C(C)(C)C)c2c1CCCC2. The van der Waals surface area contributed by atoms with Crippen LogP contribution in [0, 0.1) is 0 Å². The predicted octanol–water partition coefficient (Wildman–Crippen LogP) is 2.60. The average Bonchev–Trinajstić information content (AvgIpc) is 2.44. The summed E-state index contributed by atoms with van der Waals surface area (Å²) >= 11 is 0. The normalized spacial score (nSPS) is 16.9. The lowest BCUT2D eigenvalue weighted by atomic mass is 9.85. The Morgan fingerprint density at radius 2 is 1.79 bits per heavy atom. The van der Waals surface area contributed by atoms with E-state index in [4.69, 9.17) is 0 Å². The molecule has 0 unspecified atom stereocenters. The van der Waals surface area contributed by atoms with E-state index in [1.54, 1.807) is 0 Å². The molecular formula is C12H20N2. The van der Waals surface area contributed by atoms with Crippen LogP contribution in [0.4, 0.5) is 0 Å². The van der Waals surface area contributed by atoms with Crippen molar-refractivity contribution in [3.63, 3.8) is 0 Å². The average molecular weight is 192 g/mol. The fraction of sp³-hybridized carbons (Fsp3) is 0.750. The van der Waals surface area contributed by atoms with E-state index in [-0.39, 0.29) is 5.41 Å². The molecule has 1 aliphatic carbocycles. The van der Waals surface area contributed by atoms with Crippen LogP contribution >= 0.6 is 0 Å². The smallest absolute Gasteiger partial charge is 0.0712 e. The maximum atomic E-state index is 4.68. The van der Waals surface area contributed by atoms with Gasteiger partial charge in [0.1, 0.15) is 0 Å². The number of hydrogen-bond donors (Lipinski definition) is 0. The first-order valence-electron chi connectivity index (χ1n) is 5.55. The largest absolute Gasteiger partial charge is 0.272 e. The van der Waals surface area contributed by atoms with E-state index in [0.29, 0.717) is 0 Å². The van der Waals surface area contributed by atoms with Gasteiger partial charge in [0.2, 0.25) is 0 Å². The van der Waals surface area contributed by atoms with Gasteiger partial charge in [-0.25, -0.2) is 0 Å². The third-order valence-electron chi connectivity index (χ3n) is 3.08.